The van der Waals surface area contributed by atoms with Crippen LogP contribution >= 0.6 is 11.8 Å². The minimum Gasteiger partial charge on any atom is -0.0881 e. The summed E-state index contributed by atoms with van der Waals surface area (Å²) < 4.78 is 0. The lowest BCUT2D eigenvalue weighted by atomic mass is 9.70. The molecule has 8 aromatic carbocycles. The smallest absolute Gasteiger partial charge is 0.0725 e. The fraction of sp³-hybridized carbons (Fsp3) is 0.0222. The lowest BCUT2D eigenvalue weighted by Gasteiger charge is -2.31. The maximum absolute atomic E-state index is 2.53. The molecule has 0 N–H and O–H groups in total. The van der Waals surface area contributed by atoms with E-state index < -0.39 is 0 Å². The molecule has 0 bridgehead atoms. The number of rotatable bonds is 1. The van der Waals surface area contributed by atoms with E-state index in [9.17, 15) is 0 Å². The summed E-state index contributed by atoms with van der Waals surface area (Å²) in [4.78, 5) is 2.68. The molecule has 0 aromatic heterocycles. The van der Waals surface area contributed by atoms with Crippen molar-refractivity contribution >= 4 is 33.3 Å². The third kappa shape index (κ3) is 3.02. The van der Waals surface area contributed by atoms with E-state index in [2.05, 4.69) is 158 Å². The quantitative estimate of drug-likeness (QED) is 0.181. The zero-order chi connectivity index (χ0) is 30.0. The summed E-state index contributed by atoms with van der Waals surface area (Å²) in [5, 5.41) is 5.24. The summed E-state index contributed by atoms with van der Waals surface area (Å²) in [6.45, 7) is 0. The molecule has 3 aliphatic rings. The van der Waals surface area contributed by atoms with Crippen molar-refractivity contribution < 1.29 is 0 Å². The van der Waals surface area contributed by atoms with Crippen LogP contribution in [0.5, 0.6) is 0 Å². The molecule has 212 valence electrons. The Morgan fingerprint density at radius 2 is 0.935 bits per heavy atom. The molecule has 0 saturated carbocycles. The molecule has 1 aliphatic heterocycles. The molecule has 1 heteroatoms. The molecule has 0 nitrogen and oxygen atoms in total. The van der Waals surface area contributed by atoms with Crippen molar-refractivity contribution in [3.63, 3.8) is 0 Å². The average molecular weight is 599 g/mol. The minimum absolute atomic E-state index is 0.378. The second-order valence-corrected chi connectivity index (χ2v) is 13.8. The molecule has 0 radical (unpaired) electrons. The Morgan fingerprint density at radius 3 is 1.76 bits per heavy atom. The molecule has 0 fully saturated rings. The largest absolute Gasteiger partial charge is 0.0881 e. The predicted octanol–water partition coefficient (Wildman–Crippen LogP) is 12.1. The Morgan fingerprint density at radius 1 is 0.348 bits per heavy atom. The summed E-state index contributed by atoms with van der Waals surface area (Å²) in [5.41, 5.74) is 15.8. The SMILES string of the molecule is c1ccc2c(c1)Sc1c(-c3ccc4c(c3)C3(c5ccccc5-4)c4ccccc4-c4cc5ccccc5cc43)ccc3cccc-2c13. The first-order chi connectivity index (χ1) is 22.8. The van der Waals surface area contributed by atoms with Crippen molar-refractivity contribution in [3.8, 4) is 44.5 Å². The standard InChI is InChI=1S/C45H26S/c1-2-11-29-25-41-37(24-28(29)10-1)33-14-4-7-18-39(33)45(41)38-17-6-3-13-32(38)34-23-21-30(26-40(34)45)31-22-20-27-12-9-16-36-35-15-5-8-19-42(35)46-44(31)43(27)36/h1-26H. The van der Waals surface area contributed by atoms with Gasteiger partial charge < -0.3 is 0 Å². The first-order valence-electron chi connectivity index (χ1n) is 16.0. The molecule has 8 aromatic rings. The molecule has 1 unspecified atom stereocenters. The Bertz CT molecular complexity index is 2630. The molecular weight excluding hydrogens is 573 g/mol. The molecule has 1 spiro atoms. The minimum atomic E-state index is -0.378. The topological polar surface area (TPSA) is 0 Å². The van der Waals surface area contributed by atoms with Crippen molar-refractivity contribution in [2.45, 2.75) is 15.2 Å². The predicted molar refractivity (Wildman–Crippen MR) is 193 cm³/mol. The van der Waals surface area contributed by atoms with Crippen molar-refractivity contribution in [2.75, 3.05) is 0 Å². The van der Waals surface area contributed by atoms with E-state index in [0.717, 1.165) is 0 Å². The van der Waals surface area contributed by atoms with Gasteiger partial charge in [0, 0.05) is 15.2 Å². The highest BCUT2D eigenvalue weighted by atomic mass is 32.2. The fourth-order valence-corrected chi connectivity index (χ4v) is 10.1. The van der Waals surface area contributed by atoms with Crippen LogP contribution in [0.1, 0.15) is 22.3 Å². The zero-order valence-electron chi connectivity index (χ0n) is 24.9. The first kappa shape index (κ1) is 24.9. The van der Waals surface area contributed by atoms with Gasteiger partial charge in [-0.15, -0.1) is 0 Å². The molecule has 1 atom stereocenters. The number of hydrogen-bond donors (Lipinski definition) is 0. The third-order valence-electron chi connectivity index (χ3n) is 10.7. The highest BCUT2D eigenvalue weighted by molar-refractivity contribution is 8.00. The molecule has 0 saturated heterocycles. The Kier molecular flexibility index (Phi) is 4.80. The van der Waals surface area contributed by atoms with Crippen LogP contribution in [0.4, 0.5) is 0 Å². The summed E-state index contributed by atoms with van der Waals surface area (Å²) in [6.07, 6.45) is 0. The summed E-state index contributed by atoms with van der Waals surface area (Å²) >= 11 is 1.92. The van der Waals surface area contributed by atoms with Gasteiger partial charge in [0.25, 0.3) is 0 Å². The van der Waals surface area contributed by atoms with E-state index in [1.807, 2.05) is 11.8 Å². The molecule has 1 heterocycles. The molecular formula is C45H26S. The lowest BCUT2D eigenvalue weighted by molar-refractivity contribution is 0.795. The summed E-state index contributed by atoms with van der Waals surface area (Å²) in [5.74, 6) is 0. The normalized spacial score (nSPS) is 16.3. The van der Waals surface area contributed by atoms with Crippen LogP contribution in [0.25, 0.3) is 66.1 Å². The Hall–Kier alpha value is -5.37. The van der Waals surface area contributed by atoms with Crippen molar-refractivity contribution in [2.24, 2.45) is 0 Å². The lowest BCUT2D eigenvalue weighted by Crippen LogP contribution is -2.25. The van der Waals surface area contributed by atoms with Gasteiger partial charge in [-0.25, -0.2) is 0 Å². The molecule has 0 amide bonds. The van der Waals surface area contributed by atoms with Gasteiger partial charge in [-0.05, 0) is 107 Å². The van der Waals surface area contributed by atoms with E-state index in [4.69, 9.17) is 0 Å². The molecule has 11 rings (SSSR count). The number of hydrogen-bond acceptors (Lipinski definition) is 1. The van der Waals surface area contributed by atoms with Crippen molar-refractivity contribution in [1.82, 2.24) is 0 Å². The van der Waals surface area contributed by atoms with Crippen LogP contribution in [0, 0.1) is 0 Å². The number of fused-ring (bicyclic) bond motifs is 13. The van der Waals surface area contributed by atoms with E-state index in [1.165, 1.54) is 98.1 Å². The van der Waals surface area contributed by atoms with Gasteiger partial charge in [-0.2, -0.15) is 0 Å². The van der Waals surface area contributed by atoms with Crippen LogP contribution in [0.15, 0.2) is 168 Å². The van der Waals surface area contributed by atoms with Crippen LogP contribution < -0.4 is 0 Å². The van der Waals surface area contributed by atoms with Gasteiger partial charge in [-0.3, -0.25) is 0 Å². The summed E-state index contributed by atoms with van der Waals surface area (Å²) in [6, 6.07) is 59.5. The van der Waals surface area contributed by atoms with Crippen molar-refractivity contribution in [3.05, 3.63) is 180 Å². The summed E-state index contributed by atoms with van der Waals surface area (Å²) in [7, 11) is 0. The van der Waals surface area contributed by atoms with E-state index in [0.29, 0.717) is 0 Å². The second kappa shape index (κ2) is 8.88. The highest BCUT2D eigenvalue weighted by Crippen LogP contribution is 2.64. The van der Waals surface area contributed by atoms with Crippen molar-refractivity contribution in [1.29, 1.82) is 0 Å². The maximum Gasteiger partial charge on any atom is 0.0725 e. The van der Waals surface area contributed by atoms with Gasteiger partial charge >= 0.3 is 0 Å². The van der Waals surface area contributed by atoms with Crippen LogP contribution in [0.2, 0.25) is 0 Å². The monoisotopic (exact) mass is 598 g/mol. The molecule has 46 heavy (non-hydrogen) atoms. The average Bonchev–Trinajstić information content (AvgIpc) is 3.57. The highest BCUT2D eigenvalue weighted by Gasteiger charge is 2.51. The second-order valence-electron chi connectivity index (χ2n) is 12.8. The van der Waals surface area contributed by atoms with Gasteiger partial charge in [0.1, 0.15) is 0 Å². The van der Waals surface area contributed by atoms with Crippen LogP contribution in [0.3, 0.4) is 0 Å². The number of benzene rings is 8. The van der Waals surface area contributed by atoms with Gasteiger partial charge in [0.2, 0.25) is 0 Å². The van der Waals surface area contributed by atoms with E-state index in [-0.39, 0.29) is 5.41 Å². The fourth-order valence-electron chi connectivity index (χ4n) is 8.78. The van der Waals surface area contributed by atoms with Crippen LogP contribution in [-0.2, 0) is 5.41 Å². The third-order valence-corrected chi connectivity index (χ3v) is 11.9. The van der Waals surface area contributed by atoms with E-state index in [1.54, 1.807) is 0 Å². The van der Waals surface area contributed by atoms with Gasteiger partial charge in [0.15, 0.2) is 0 Å². The first-order valence-corrected chi connectivity index (χ1v) is 16.8. The maximum atomic E-state index is 2.53. The molecule has 2 aliphatic carbocycles. The van der Waals surface area contributed by atoms with E-state index >= 15 is 0 Å². The Labute approximate surface area is 272 Å². The van der Waals surface area contributed by atoms with Gasteiger partial charge in [0.05, 0.1) is 5.41 Å². The Balaban J connectivity index is 1.23. The zero-order valence-corrected chi connectivity index (χ0v) is 25.7. The van der Waals surface area contributed by atoms with Crippen LogP contribution in [-0.4, -0.2) is 0 Å². The van der Waals surface area contributed by atoms with Gasteiger partial charge in [-0.1, -0.05) is 145 Å².